The van der Waals surface area contributed by atoms with E-state index in [1.807, 2.05) is 0 Å². The number of hydrogen-bond acceptors (Lipinski definition) is 4. The van der Waals surface area contributed by atoms with Gasteiger partial charge in [-0.15, -0.1) is 0 Å². The molecule has 0 saturated carbocycles. The molecule has 28 heavy (non-hydrogen) atoms. The number of ether oxygens (including phenoxy) is 1. The quantitative estimate of drug-likeness (QED) is 0.285. The fraction of sp³-hybridized carbons (Fsp3) is 0.0500. The van der Waals surface area contributed by atoms with Gasteiger partial charge in [-0.3, -0.25) is 14.9 Å². The number of nitrogens with one attached hydrogen (secondary N) is 1. The molecular weight excluding hydrogens is 495 g/mol. The third-order valence-corrected chi connectivity index (χ3v) is 4.91. The Hall–Kier alpha value is -2.65. The molecule has 8 heteroatoms. The van der Waals surface area contributed by atoms with Crippen molar-refractivity contribution >= 4 is 63.8 Å². The second kappa shape index (κ2) is 8.57. The molecule has 1 aliphatic heterocycles. The highest BCUT2D eigenvalue weighted by Crippen LogP contribution is 2.26. The van der Waals surface area contributed by atoms with Gasteiger partial charge in [0.2, 0.25) is 0 Å². The van der Waals surface area contributed by atoms with Crippen LogP contribution in [0.5, 0.6) is 5.75 Å². The lowest BCUT2D eigenvalue weighted by atomic mass is 10.1. The van der Waals surface area contributed by atoms with Gasteiger partial charge < -0.3 is 4.74 Å². The molecule has 1 aliphatic rings. The normalized spacial score (nSPS) is 15.6. The summed E-state index contributed by atoms with van der Waals surface area (Å²) in [5.74, 6) is -0.791. The number of anilines is 1. The highest BCUT2D eigenvalue weighted by molar-refractivity contribution is 14.1. The van der Waals surface area contributed by atoms with Crippen molar-refractivity contribution in [3.8, 4) is 5.75 Å². The number of carbonyl (C=O) groups is 3. The van der Waals surface area contributed by atoms with Gasteiger partial charge in [0.1, 0.15) is 17.9 Å². The first-order chi connectivity index (χ1) is 13.4. The molecule has 2 aromatic carbocycles. The molecule has 2 aromatic rings. The van der Waals surface area contributed by atoms with Crippen LogP contribution in [0.4, 0.5) is 10.5 Å². The molecule has 3 rings (SSSR count). The zero-order valence-electron chi connectivity index (χ0n) is 14.4. The summed E-state index contributed by atoms with van der Waals surface area (Å²) in [6, 6.07) is 10.6. The Kier molecular flexibility index (Phi) is 6.15. The van der Waals surface area contributed by atoms with Crippen molar-refractivity contribution in [2.75, 3.05) is 11.5 Å². The Morgan fingerprint density at radius 3 is 2.50 bits per heavy atom. The number of amides is 4. The third-order valence-electron chi connectivity index (χ3n) is 3.81. The van der Waals surface area contributed by atoms with Gasteiger partial charge in [0.05, 0.1) is 9.26 Å². The Bertz CT molecular complexity index is 1000. The maximum Gasteiger partial charge on any atom is 0.335 e. The molecule has 1 fully saturated rings. The summed E-state index contributed by atoms with van der Waals surface area (Å²) in [6.45, 7) is 3.97. The Morgan fingerprint density at radius 1 is 1.14 bits per heavy atom. The summed E-state index contributed by atoms with van der Waals surface area (Å²) in [7, 11) is 0. The van der Waals surface area contributed by atoms with Gasteiger partial charge in [-0.05, 0) is 70.6 Å². The van der Waals surface area contributed by atoms with Gasteiger partial charge in [0.25, 0.3) is 11.8 Å². The largest absolute Gasteiger partial charge is 0.488 e. The molecule has 0 aromatic heterocycles. The number of imide groups is 2. The van der Waals surface area contributed by atoms with E-state index in [-0.39, 0.29) is 5.57 Å². The lowest BCUT2D eigenvalue weighted by Crippen LogP contribution is -2.54. The highest BCUT2D eigenvalue weighted by Gasteiger charge is 2.36. The zero-order chi connectivity index (χ0) is 20.3. The fourth-order valence-corrected chi connectivity index (χ4v) is 3.34. The summed E-state index contributed by atoms with van der Waals surface area (Å²) >= 11 is 7.95. The molecule has 0 radical (unpaired) electrons. The van der Waals surface area contributed by atoms with Crippen molar-refractivity contribution in [3.63, 3.8) is 0 Å². The Labute approximate surface area is 179 Å². The second-order valence-electron chi connectivity index (χ2n) is 5.72. The van der Waals surface area contributed by atoms with Crippen LogP contribution in [0.15, 0.2) is 60.7 Å². The average Bonchev–Trinajstić information content (AvgIpc) is 2.66. The summed E-state index contributed by atoms with van der Waals surface area (Å²) in [6.07, 6.45) is 3.08. The van der Waals surface area contributed by atoms with Gasteiger partial charge in [-0.25, -0.2) is 9.69 Å². The zero-order valence-corrected chi connectivity index (χ0v) is 17.4. The third kappa shape index (κ3) is 4.26. The molecule has 0 unspecified atom stereocenters. The van der Waals surface area contributed by atoms with Crippen LogP contribution >= 0.6 is 34.2 Å². The fourth-order valence-electron chi connectivity index (χ4n) is 2.52. The van der Waals surface area contributed by atoms with Crippen LogP contribution in [-0.4, -0.2) is 24.5 Å². The van der Waals surface area contributed by atoms with Gasteiger partial charge in [0.15, 0.2) is 0 Å². The first-order valence-corrected chi connectivity index (χ1v) is 9.56. The van der Waals surface area contributed by atoms with Gasteiger partial charge in [-0.2, -0.15) is 0 Å². The minimum absolute atomic E-state index is 0.148. The van der Waals surface area contributed by atoms with Crippen molar-refractivity contribution in [2.45, 2.75) is 0 Å². The number of rotatable bonds is 5. The Balaban J connectivity index is 1.93. The second-order valence-corrected chi connectivity index (χ2v) is 7.32. The molecule has 0 aliphatic carbocycles. The van der Waals surface area contributed by atoms with Crippen molar-refractivity contribution in [2.24, 2.45) is 0 Å². The van der Waals surface area contributed by atoms with Crippen LogP contribution in [-0.2, 0) is 9.59 Å². The van der Waals surface area contributed by atoms with Crippen molar-refractivity contribution in [1.29, 1.82) is 0 Å². The van der Waals surface area contributed by atoms with Crippen molar-refractivity contribution in [3.05, 3.63) is 74.8 Å². The monoisotopic (exact) mass is 508 g/mol. The SMILES string of the molecule is C=CCOc1ccc(/C=C2\C(=O)NC(=O)N(c3ccc(Cl)cc3)C2=O)cc1I. The molecule has 0 spiro atoms. The number of barbiturate groups is 1. The maximum atomic E-state index is 12.8. The lowest BCUT2D eigenvalue weighted by Gasteiger charge is -2.26. The Morgan fingerprint density at radius 2 is 1.86 bits per heavy atom. The predicted octanol–water partition coefficient (Wildman–Crippen LogP) is 4.18. The number of halogens is 2. The van der Waals surface area contributed by atoms with Crippen molar-refractivity contribution in [1.82, 2.24) is 5.32 Å². The molecule has 0 bridgehead atoms. The topological polar surface area (TPSA) is 75.7 Å². The van der Waals surface area contributed by atoms with Crippen LogP contribution in [0, 0.1) is 3.57 Å². The van der Waals surface area contributed by atoms with Crippen LogP contribution in [0.25, 0.3) is 6.08 Å². The van der Waals surface area contributed by atoms with Crippen LogP contribution < -0.4 is 15.0 Å². The predicted molar refractivity (Wildman–Crippen MR) is 115 cm³/mol. The number of nitrogens with zero attached hydrogens (tertiary/aromatic N) is 1. The number of hydrogen-bond donors (Lipinski definition) is 1. The number of urea groups is 1. The summed E-state index contributed by atoms with van der Waals surface area (Å²) in [4.78, 5) is 38.2. The van der Waals surface area contributed by atoms with E-state index in [2.05, 4.69) is 34.5 Å². The smallest absolute Gasteiger partial charge is 0.335 e. The van der Waals surface area contributed by atoms with E-state index >= 15 is 0 Å². The minimum atomic E-state index is -0.808. The summed E-state index contributed by atoms with van der Waals surface area (Å²) < 4.78 is 6.32. The van der Waals surface area contributed by atoms with E-state index in [1.165, 1.54) is 18.2 Å². The summed E-state index contributed by atoms with van der Waals surface area (Å²) in [5.41, 5.74) is 0.789. The minimum Gasteiger partial charge on any atom is -0.488 e. The molecule has 1 saturated heterocycles. The highest BCUT2D eigenvalue weighted by atomic mass is 127. The number of carbonyl (C=O) groups excluding carboxylic acids is 3. The number of benzene rings is 2. The molecule has 6 nitrogen and oxygen atoms in total. The van der Waals surface area contributed by atoms with Crippen molar-refractivity contribution < 1.29 is 19.1 Å². The molecule has 1 N–H and O–H groups in total. The molecule has 1 heterocycles. The van der Waals surface area contributed by atoms with Crippen LogP contribution in [0.1, 0.15) is 5.56 Å². The van der Waals surface area contributed by atoms with Crippen LogP contribution in [0.3, 0.4) is 0 Å². The maximum absolute atomic E-state index is 12.8. The average molecular weight is 509 g/mol. The van der Waals surface area contributed by atoms with E-state index in [4.69, 9.17) is 16.3 Å². The molecule has 0 atom stereocenters. The lowest BCUT2D eigenvalue weighted by molar-refractivity contribution is -0.122. The standard InChI is InChI=1S/C20H14ClIN2O4/c1-2-9-28-17-8-3-12(11-16(17)22)10-15-18(25)23-20(27)24(19(15)26)14-6-4-13(21)5-7-14/h2-8,10-11H,1,9H2,(H,23,25,27)/b15-10+. The van der Waals surface area contributed by atoms with E-state index in [0.29, 0.717) is 28.6 Å². The molecule has 142 valence electrons. The molecule has 4 amide bonds. The van der Waals surface area contributed by atoms with E-state index in [1.54, 1.807) is 36.4 Å². The summed E-state index contributed by atoms with van der Waals surface area (Å²) in [5, 5.41) is 2.65. The first-order valence-electron chi connectivity index (χ1n) is 8.11. The molecular formula is C20H14ClIN2O4. The first kappa shape index (κ1) is 20.1. The van der Waals surface area contributed by atoms with Gasteiger partial charge >= 0.3 is 6.03 Å². The van der Waals surface area contributed by atoms with E-state index in [0.717, 1.165) is 8.47 Å². The van der Waals surface area contributed by atoms with E-state index < -0.39 is 17.8 Å². The van der Waals surface area contributed by atoms with Gasteiger partial charge in [-0.1, -0.05) is 30.3 Å². The van der Waals surface area contributed by atoms with Gasteiger partial charge in [0, 0.05) is 5.02 Å². The van der Waals surface area contributed by atoms with E-state index in [9.17, 15) is 14.4 Å². The van der Waals surface area contributed by atoms with Crippen LogP contribution in [0.2, 0.25) is 5.02 Å².